The first-order chi connectivity index (χ1) is 18.2. The molecule has 196 valence electrons. The summed E-state index contributed by atoms with van der Waals surface area (Å²) in [5.74, 6) is 0.343. The Labute approximate surface area is 223 Å². The molecule has 1 fully saturated rings. The average Bonchev–Trinajstić information content (AvgIpc) is 2.90. The SMILES string of the molecule is Cc1ccccc1N=C(NC#N)N1CCN(C(=O)Nc2ccc(Cl)c(C(F)(F)F)c2)C(c2ccccc2)C1. The number of anilines is 1. The van der Waals surface area contributed by atoms with Crippen LogP contribution in [0.2, 0.25) is 5.02 Å². The van der Waals surface area contributed by atoms with Gasteiger partial charge in [-0.1, -0.05) is 60.1 Å². The number of hydrogen-bond donors (Lipinski definition) is 2. The van der Waals surface area contributed by atoms with Crippen LogP contribution >= 0.6 is 11.6 Å². The molecule has 0 aromatic heterocycles. The highest BCUT2D eigenvalue weighted by Crippen LogP contribution is 2.36. The second-order valence-corrected chi connectivity index (χ2v) is 9.05. The molecule has 2 N–H and O–H groups in total. The van der Waals surface area contributed by atoms with Crippen molar-refractivity contribution in [1.82, 2.24) is 15.1 Å². The second-order valence-electron chi connectivity index (χ2n) is 8.65. The molecule has 3 aromatic rings. The van der Waals surface area contributed by atoms with Crippen LogP contribution < -0.4 is 10.6 Å². The van der Waals surface area contributed by atoms with Gasteiger partial charge in [-0.05, 0) is 42.3 Å². The van der Waals surface area contributed by atoms with Gasteiger partial charge in [0.05, 0.1) is 22.3 Å². The van der Waals surface area contributed by atoms with Crippen LogP contribution in [0.25, 0.3) is 0 Å². The Bertz CT molecular complexity index is 1370. The fraction of sp³-hybridized carbons (Fsp3) is 0.222. The van der Waals surface area contributed by atoms with Crippen LogP contribution in [0.1, 0.15) is 22.7 Å². The van der Waals surface area contributed by atoms with Gasteiger partial charge in [0, 0.05) is 25.3 Å². The molecule has 0 spiro atoms. The van der Waals surface area contributed by atoms with E-state index in [4.69, 9.17) is 11.6 Å². The summed E-state index contributed by atoms with van der Waals surface area (Å²) in [7, 11) is 0. The normalized spacial score (nSPS) is 16.1. The van der Waals surface area contributed by atoms with Crippen molar-refractivity contribution < 1.29 is 18.0 Å². The summed E-state index contributed by atoms with van der Waals surface area (Å²) in [5, 5.41) is 14.2. The Morgan fingerprint density at radius 3 is 2.47 bits per heavy atom. The number of piperazine rings is 1. The number of para-hydroxylation sites is 1. The molecule has 38 heavy (non-hydrogen) atoms. The maximum Gasteiger partial charge on any atom is 0.417 e. The van der Waals surface area contributed by atoms with Crippen LogP contribution in [0.3, 0.4) is 0 Å². The molecule has 1 saturated heterocycles. The zero-order valence-corrected chi connectivity index (χ0v) is 21.1. The molecule has 11 heteroatoms. The zero-order chi connectivity index (χ0) is 27.3. The van der Waals surface area contributed by atoms with Crippen molar-refractivity contribution in [3.63, 3.8) is 0 Å². The van der Waals surface area contributed by atoms with Crippen molar-refractivity contribution in [2.75, 3.05) is 25.0 Å². The Hall–Kier alpha value is -4.23. The number of rotatable bonds is 3. The van der Waals surface area contributed by atoms with Gasteiger partial charge in [-0.25, -0.2) is 9.79 Å². The van der Waals surface area contributed by atoms with E-state index in [9.17, 15) is 23.2 Å². The number of guanidine groups is 1. The van der Waals surface area contributed by atoms with E-state index in [0.717, 1.165) is 23.3 Å². The van der Waals surface area contributed by atoms with Crippen LogP contribution in [0.4, 0.5) is 29.3 Å². The summed E-state index contributed by atoms with van der Waals surface area (Å²) in [6.07, 6.45) is -2.73. The van der Waals surface area contributed by atoms with Crippen LogP contribution in [-0.4, -0.2) is 41.4 Å². The number of nitriles is 1. The first-order valence-electron chi connectivity index (χ1n) is 11.7. The summed E-state index contributed by atoms with van der Waals surface area (Å²) in [4.78, 5) is 21.4. The fourth-order valence-electron chi connectivity index (χ4n) is 4.23. The number of amides is 2. The molecular formula is C27H24ClF3N6O. The lowest BCUT2D eigenvalue weighted by atomic mass is 10.0. The smallest absolute Gasteiger partial charge is 0.338 e. The predicted octanol–water partition coefficient (Wildman–Crippen LogP) is 6.32. The van der Waals surface area contributed by atoms with Crippen LogP contribution in [0, 0.1) is 18.4 Å². The standard InChI is InChI=1S/C27H24ClF3N6O/c1-18-7-5-6-10-23(18)35-25(33-17-32)36-13-14-37(24(16-36)19-8-3-2-4-9-19)26(38)34-20-11-12-22(28)21(15-20)27(29,30)31/h2-12,15,24H,13-14,16H2,1H3,(H,33,35)(H,34,38). The molecular weight excluding hydrogens is 517 g/mol. The largest absolute Gasteiger partial charge is 0.417 e. The second kappa shape index (κ2) is 11.4. The predicted molar refractivity (Wildman–Crippen MR) is 140 cm³/mol. The molecule has 7 nitrogen and oxygen atoms in total. The number of nitrogens with one attached hydrogen (secondary N) is 2. The first-order valence-corrected chi connectivity index (χ1v) is 12.1. The lowest BCUT2D eigenvalue weighted by Gasteiger charge is -2.42. The number of aryl methyl sites for hydroxylation is 1. The summed E-state index contributed by atoms with van der Waals surface area (Å²) < 4.78 is 39.9. The van der Waals surface area contributed by atoms with Crippen LogP contribution in [-0.2, 0) is 6.18 Å². The quantitative estimate of drug-likeness (QED) is 0.176. The van der Waals surface area contributed by atoms with E-state index in [2.05, 4.69) is 15.6 Å². The number of halogens is 4. The maximum absolute atomic E-state index is 13.3. The molecule has 4 rings (SSSR count). The van der Waals surface area contributed by atoms with Gasteiger partial charge in [-0.2, -0.15) is 18.4 Å². The third kappa shape index (κ3) is 6.18. The molecule has 1 aliphatic heterocycles. The van der Waals surface area contributed by atoms with Crippen molar-refractivity contribution >= 4 is 35.0 Å². The molecule has 1 heterocycles. The van der Waals surface area contributed by atoms with Gasteiger partial charge in [0.1, 0.15) is 0 Å². The monoisotopic (exact) mass is 540 g/mol. The lowest BCUT2D eigenvalue weighted by Crippen LogP contribution is -2.55. The van der Waals surface area contributed by atoms with Crippen molar-refractivity contribution in [2.24, 2.45) is 4.99 Å². The van der Waals surface area contributed by atoms with E-state index < -0.39 is 28.8 Å². The molecule has 1 atom stereocenters. The summed E-state index contributed by atoms with van der Waals surface area (Å²) >= 11 is 5.72. The minimum absolute atomic E-state index is 0.0195. The molecule has 3 aromatic carbocycles. The molecule has 0 radical (unpaired) electrons. The number of nitrogens with zero attached hydrogens (tertiary/aromatic N) is 4. The summed E-state index contributed by atoms with van der Waals surface area (Å²) in [5.41, 5.74) is 1.41. The number of urea groups is 1. The highest BCUT2D eigenvalue weighted by molar-refractivity contribution is 6.31. The number of carbonyl (C=O) groups excluding carboxylic acids is 1. The van der Waals surface area contributed by atoms with Crippen molar-refractivity contribution in [2.45, 2.75) is 19.1 Å². The number of hydrogen-bond acceptors (Lipinski definition) is 3. The first kappa shape index (κ1) is 26.8. The summed E-state index contributed by atoms with van der Waals surface area (Å²) in [6.45, 7) is 2.78. The molecule has 0 bridgehead atoms. The number of carbonyl (C=O) groups is 1. The van der Waals surface area contributed by atoms with Crippen molar-refractivity contribution in [1.29, 1.82) is 5.26 Å². The third-order valence-electron chi connectivity index (χ3n) is 6.16. The Morgan fingerprint density at radius 2 is 1.79 bits per heavy atom. The van der Waals surface area contributed by atoms with E-state index in [1.165, 1.54) is 6.07 Å². The topological polar surface area (TPSA) is 83.8 Å². The highest BCUT2D eigenvalue weighted by atomic mass is 35.5. The van der Waals surface area contributed by atoms with Crippen molar-refractivity contribution in [3.05, 3.63) is 94.5 Å². The van der Waals surface area contributed by atoms with Gasteiger partial charge in [0.25, 0.3) is 0 Å². The fourth-order valence-corrected chi connectivity index (χ4v) is 4.45. The van der Waals surface area contributed by atoms with Gasteiger partial charge in [0.2, 0.25) is 5.96 Å². The zero-order valence-electron chi connectivity index (χ0n) is 20.3. The highest BCUT2D eigenvalue weighted by Gasteiger charge is 2.35. The number of benzene rings is 3. The van der Waals surface area contributed by atoms with E-state index in [1.54, 1.807) is 4.90 Å². The number of alkyl halides is 3. The van der Waals surface area contributed by atoms with Gasteiger partial charge in [0.15, 0.2) is 6.19 Å². The number of aliphatic imine (C=N–C) groups is 1. The molecule has 2 amide bonds. The third-order valence-corrected chi connectivity index (χ3v) is 6.49. The molecule has 0 saturated carbocycles. The Kier molecular flexibility index (Phi) is 8.08. The lowest BCUT2D eigenvalue weighted by molar-refractivity contribution is -0.137. The molecule has 1 aliphatic rings. The minimum atomic E-state index is -4.66. The summed E-state index contributed by atoms with van der Waals surface area (Å²) in [6, 6.07) is 19.0. The van der Waals surface area contributed by atoms with Crippen molar-refractivity contribution in [3.8, 4) is 6.19 Å². The Morgan fingerprint density at radius 1 is 1.08 bits per heavy atom. The van der Waals surface area contributed by atoms with Gasteiger partial charge >= 0.3 is 12.2 Å². The maximum atomic E-state index is 13.3. The Balaban J connectivity index is 1.62. The van der Waals surface area contributed by atoms with Gasteiger partial charge in [-0.3, -0.25) is 5.32 Å². The molecule has 1 unspecified atom stereocenters. The van der Waals surface area contributed by atoms with E-state index in [1.807, 2.05) is 72.6 Å². The van der Waals surface area contributed by atoms with Gasteiger partial charge < -0.3 is 15.1 Å². The van der Waals surface area contributed by atoms with E-state index in [0.29, 0.717) is 24.7 Å². The van der Waals surface area contributed by atoms with Crippen LogP contribution in [0.5, 0.6) is 0 Å². The van der Waals surface area contributed by atoms with E-state index in [-0.39, 0.29) is 12.2 Å². The van der Waals surface area contributed by atoms with E-state index >= 15 is 0 Å². The minimum Gasteiger partial charge on any atom is -0.338 e. The molecule has 0 aliphatic carbocycles. The van der Waals surface area contributed by atoms with Gasteiger partial charge in [-0.15, -0.1) is 0 Å². The van der Waals surface area contributed by atoms with Crippen LogP contribution in [0.15, 0.2) is 77.8 Å². The average molecular weight is 541 g/mol.